The highest BCUT2D eigenvalue weighted by Gasteiger charge is 2.34. The van der Waals surface area contributed by atoms with Crippen LogP contribution in [0.3, 0.4) is 0 Å². The SMILES string of the molecule is C=CCC(NCC)c1ccc(F)c(C(F)(F)F)c1. The van der Waals surface area contributed by atoms with Crippen LogP contribution in [0.15, 0.2) is 30.9 Å². The minimum Gasteiger partial charge on any atom is -0.310 e. The molecule has 1 nitrogen and oxygen atoms in total. The van der Waals surface area contributed by atoms with Crippen molar-refractivity contribution in [2.75, 3.05) is 6.54 Å². The van der Waals surface area contributed by atoms with Gasteiger partial charge in [-0.05, 0) is 30.7 Å². The minimum atomic E-state index is -4.68. The lowest BCUT2D eigenvalue weighted by atomic mass is 10.0. The third kappa shape index (κ3) is 3.57. The summed E-state index contributed by atoms with van der Waals surface area (Å²) in [7, 11) is 0. The van der Waals surface area contributed by atoms with Crippen LogP contribution in [0.2, 0.25) is 0 Å². The van der Waals surface area contributed by atoms with Crippen LogP contribution in [0.4, 0.5) is 17.6 Å². The molecule has 0 saturated heterocycles. The van der Waals surface area contributed by atoms with E-state index in [-0.39, 0.29) is 6.04 Å². The average Bonchev–Trinajstić information content (AvgIpc) is 2.28. The first-order chi connectivity index (χ1) is 8.40. The van der Waals surface area contributed by atoms with Crippen molar-refractivity contribution in [3.8, 4) is 0 Å². The zero-order chi connectivity index (χ0) is 13.8. The second-order valence-electron chi connectivity index (χ2n) is 3.87. The van der Waals surface area contributed by atoms with Crippen molar-refractivity contribution >= 4 is 0 Å². The zero-order valence-electron chi connectivity index (χ0n) is 10.0. The lowest BCUT2D eigenvalue weighted by molar-refractivity contribution is -0.140. The van der Waals surface area contributed by atoms with Crippen molar-refractivity contribution in [3.63, 3.8) is 0 Å². The van der Waals surface area contributed by atoms with E-state index in [0.29, 0.717) is 18.5 Å². The van der Waals surface area contributed by atoms with Gasteiger partial charge in [-0.2, -0.15) is 13.2 Å². The van der Waals surface area contributed by atoms with Gasteiger partial charge in [0.25, 0.3) is 0 Å². The van der Waals surface area contributed by atoms with Crippen molar-refractivity contribution in [2.45, 2.75) is 25.6 Å². The summed E-state index contributed by atoms with van der Waals surface area (Å²) in [6, 6.07) is 2.79. The van der Waals surface area contributed by atoms with E-state index < -0.39 is 17.6 Å². The summed E-state index contributed by atoms with van der Waals surface area (Å²) in [5.74, 6) is -1.25. The maximum Gasteiger partial charge on any atom is 0.419 e. The van der Waals surface area contributed by atoms with E-state index in [0.717, 1.165) is 12.1 Å². The molecular weight excluding hydrogens is 246 g/mol. The predicted molar refractivity (Wildman–Crippen MR) is 62.6 cm³/mol. The number of benzene rings is 1. The predicted octanol–water partition coefficient (Wildman–Crippen LogP) is 4.07. The van der Waals surface area contributed by atoms with Gasteiger partial charge in [-0.15, -0.1) is 6.58 Å². The van der Waals surface area contributed by atoms with Crippen molar-refractivity contribution in [2.24, 2.45) is 0 Å². The van der Waals surface area contributed by atoms with Gasteiger partial charge in [0.1, 0.15) is 5.82 Å². The van der Waals surface area contributed by atoms with Crippen LogP contribution in [-0.2, 0) is 6.18 Å². The number of halogens is 4. The van der Waals surface area contributed by atoms with Crippen LogP contribution < -0.4 is 5.32 Å². The maximum absolute atomic E-state index is 13.1. The summed E-state index contributed by atoms with van der Waals surface area (Å²) in [4.78, 5) is 0. The Balaban J connectivity index is 3.13. The molecule has 1 atom stereocenters. The summed E-state index contributed by atoms with van der Waals surface area (Å²) in [6.45, 7) is 6.02. The van der Waals surface area contributed by atoms with Gasteiger partial charge in [0.15, 0.2) is 0 Å². The molecule has 1 rings (SSSR count). The molecule has 18 heavy (non-hydrogen) atoms. The quantitative estimate of drug-likeness (QED) is 0.622. The molecule has 100 valence electrons. The second-order valence-corrected chi connectivity index (χ2v) is 3.87. The van der Waals surface area contributed by atoms with Gasteiger partial charge in [0.2, 0.25) is 0 Å². The van der Waals surface area contributed by atoms with Gasteiger partial charge in [0.05, 0.1) is 5.56 Å². The summed E-state index contributed by atoms with van der Waals surface area (Å²) >= 11 is 0. The Morgan fingerprint density at radius 2 is 2.06 bits per heavy atom. The maximum atomic E-state index is 13.1. The molecule has 0 saturated carbocycles. The van der Waals surface area contributed by atoms with E-state index >= 15 is 0 Å². The molecule has 1 aromatic rings. The van der Waals surface area contributed by atoms with Crippen LogP contribution in [-0.4, -0.2) is 6.54 Å². The Hall–Kier alpha value is -1.36. The molecule has 0 aliphatic rings. The smallest absolute Gasteiger partial charge is 0.310 e. The van der Waals surface area contributed by atoms with Crippen LogP contribution in [0.25, 0.3) is 0 Å². The normalized spacial score (nSPS) is 13.4. The molecule has 0 bridgehead atoms. The van der Waals surface area contributed by atoms with Gasteiger partial charge >= 0.3 is 6.18 Å². The number of nitrogens with one attached hydrogen (secondary N) is 1. The van der Waals surface area contributed by atoms with Crippen LogP contribution >= 0.6 is 0 Å². The zero-order valence-corrected chi connectivity index (χ0v) is 10.0. The summed E-state index contributed by atoms with van der Waals surface area (Å²) < 4.78 is 50.9. The summed E-state index contributed by atoms with van der Waals surface area (Å²) in [5.41, 5.74) is -0.822. The fourth-order valence-electron chi connectivity index (χ4n) is 1.73. The van der Waals surface area contributed by atoms with E-state index in [9.17, 15) is 17.6 Å². The van der Waals surface area contributed by atoms with Crippen LogP contribution in [0.1, 0.15) is 30.5 Å². The van der Waals surface area contributed by atoms with E-state index in [1.54, 1.807) is 6.08 Å². The van der Waals surface area contributed by atoms with E-state index in [1.807, 2.05) is 6.92 Å². The molecule has 0 spiro atoms. The number of rotatable bonds is 5. The lowest BCUT2D eigenvalue weighted by Crippen LogP contribution is -2.21. The third-order valence-corrected chi connectivity index (χ3v) is 2.55. The van der Waals surface area contributed by atoms with Gasteiger partial charge < -0.3 is 5.32 Å². The van der Waals surface area contributed by atoms with E-state index in [4.69, 9.17) is 0 Å². The average molecular weight is 261 g/mol. The van der Waals surface area contributed by atoms with Crippen molar-refractivity contribution in [1.29, 1.82) is 0 Å². The van der Waals surface area contributed by atoms with E-state index in [2.05, 4.69) is 11.9 Å². The molecule has 0 aliphatic carbocycles. The third-order valence-electron chi connectivity index (χ3n) is 2.55. The minimum absolute atomic E-state index is 0.283. The molecule has 0 amide bonds. The molecule has 0 aromatic heterocycles. The Kier molecular flexibility index (Phi) is 4.90. The Morgan fingerprint density at radius 1 is 1.39 bits per heavy atom. The Morgan fingerprint density at radius 3 is 2.56 bits per heavy atom. The molecule has 0 radical (unpaired) electrons. The highest BCUT2D eigenvalue weighted by atomic mass is 19.4. The number of hydrogen-bond donors (Lipinski definition) is 1. The molecule has 1 N–H and O–H groups in total. The standard InChI is InChI=1S/C13H15F4N/c1-3-5-12(18-4-2)9-6-7-11(14)10(8-9)13(15,16)17/h3,6-8,12,18H,1,4-5H2,2H3. The fraction of sp³-hybridized carbons (Fsp3) is 0.385. The van der Waals surface area contributed by atoms with Crippen LogP contribution in [0.5, 0.6) is 0 Å². The van der Waals surface area contributed by atoms with Gasteiger partial charge in [0, 0.05) is 6.04 Å². The highest BCUT2D eigenvalue weighted by Crippen LogP contribution is 2.33. The molecule has 1 aromatic carbocycles. The molecule has 0 aliphatic heterocycles. The molecule has 0 heterocycles. The molecule has 0 fully saturated rings. The van der Waals surface area contributed by atoms with Gasteiger partial charge in [-0.1, -0.05) is 19.1 Å². The largest absolute Gasteiger partial charge is 0.419 e. The van der Waals surface area contributed by atoms with Gasteiger partial charge in [-0.3, -0.25) is 0 Å². The highest BCUT2D eigenvalue weighted by molar-refractivity contribution is 5.29. The molecule has 1 unspecified atom stereocenters. The Bertz CT molecular complexity index is 412. The topological polar surface area (TPSA) is 12.0 Å². The molecular formula is C13H15F4N. The first-order valence-corrected chi connectivity index (χ1v) is 5.61. The van der Waals surface area contributed by atoms with Crippen molar-refractivity contribution in [3.05, 3.63) is 47.8 Å². The lowest BCUT2D eigenvalue weighted by Gasteiger charge is -2.18. The summed E-state index contributed by atoms with van der Waals surface area (Å²) in [5, 5.41) is 3.04. The Labute approximate surface area is 104 Å². The van der Waals surface area contributed by atoms with Crippen molar-refractivity contribution in [1.82, 2.24) is 5.32 Å². The van der Waals surface area contributed by atoms with Gasteiger partial charge in [-0.25, -0.2) is 4.39 Å². The molecule has 5 heteroatoms. The number of alkyl halides is 3. The first-order valence-electron chi connectivity index (χ1n) is 5.61. The monoisotopic (exact) mass is 261 g/mol. The van der Waals surface area contributed by atoms with Crippen molar-refractivity contribution < 1.29 is 17.6 Å². The van der Waals surface area contributed by atoms with Crippen LogP contribution in [0, 0.1) is 5.82 Å². The summed E-state index contributed by atoms with van der Waals surface area (Å²) in [6.07, 6.45) is -2.58. The fourth-order valence-corrected chi connectivity index (χ4v) is 1.73. The number of hydrogen-bond acceptors (Lipinski definition) is 1. The second kappa shape index (κ2) is 6.00. The first kappa shape index (κ1) is 14.7. The van der Waals surface area contributed by atoms with E-state index in [1.165, 1.54) is 6.07 Å².